The third-order valence-electron chi connectivity index (χ3n) is 6.23. The fourth-order valence-electron chi connectivity index (χ4n) is 4.32. The number of carbonyl (C=O) groups excluding carboxylic acids is 2. The van der Waals surface area contributed by atoms with Crippen LogP contribution in [0.2, 0.25) is 5.02 Å². The average molecular weight is 532 g/mol. The highest BCUT2D eigenvalue weighted by molar-refractivity contribution is 6.33. The SMILES string of the molecule is CC(C)Nc1cc(-c2c[nH]c(C(=O)NC(COC(=O)C3CCNC3)C3C=CC=C(Cl)C3)c2)c(Cl)cn1. The molecule has 1 amide bonds. The summed E-state index contributed by atoms with van der Waals surface area (Å²) in [7, 11) is 0. The molecule has 0 aromatic carbocycles. The van der Waals surface area contributed by atoms with E-state index in [4.69, 9.17) is 27.9 Å². The van der Waals surface area contributed by atoms with Gasteiger partial charge in [-0.1, -0.05) is 35.4 Å². The molecule has 0 spiro atoms. The summed E-state index contributed by atoms with van der Waals surface area (Å²) >= 11 is 12.7. The zero-order valence-corrected chi connectivity index (χ0v) is 21.8. The number of esters is 1. The molecule has 2 aliphatic rings. The molecule has 2 aromatic rings. The van der Waals surface area contributed by atoms with Gasteiger partial charge in [0.25, 0.3) is 5.91 Å². The summed E-state index contributed by atoms with van der Waals surface area (Å²) < 4.78 is 5.62. The van der Waals surface area contributed by atoms with Gasteiger partial charge >= 0.3 is 5.97 Å². The van der Waals surface area contributed by atoms with Crippen LogP contribution >= 0.6 is 23.2 Å². The number of nitrogens with zero attached hydrogens (tertiary/aromatic N) is 1. The van der Waals surface area contributed by atoms with Crippen LogP contribution in [-0.4, -0.2) is 53.6 Å². The van der Waals surface area contributed by atoms with E-state index in [1.54, 1.807) is 18.5 Å². The fraction of sp³-hybridized carbons (Fsp3) is 0.423. The first-order valence-electron chi connectivity index (χ1n) is 12.1. The molecule has 3 heterocycles. The number of allylic oxidation sites excluding steroid dienone is 3. The molecule has 1 saturated heterocycles. The van der Waals surface area contributed by atoms with E-state index in [-0.39, 0.29) is 36.4 Å². The highest BCUT2D eigenvalue weighted by atomic mass is 35.5. The highest BCUT2D eigenvalue weighted by Gasteiger charge is 2.29. The number of pyridine rings is 1. The lowest BCUT2D eigenvalue weighted by Crippen LogP contribution is -2.44. The molecule has 2 aromatic heterocycles. The largest absolute Gasteiger partial charge is 0.463 e. The smallest absolute Gasteiger partial charge is 0.310 e. The first-order valence-corrected chi connectivity index (χ1v) is 12.9. The van der Waals surface area contributed by atoms with Crippen molar-refractivity contribution in [3.05, 3.63) is 58.5 Å². The number of ether oxygens (including phenoxy) is 1. The maximum atomic E-state index is 13.2. The Balaban J connectivity index is 1.47. The van der Waals surface area contributed by atoms with Crippen LogP contribution in [0.25, 0.3) is 11.1 Å². The lowest BCUT2D eigenvalue weighted by molar-refractivity contribution is -0.148. The molecule has 1 aliphatic carbocycles. The van der Waals surface area contributed by atoms with Crippen molar-refractivity contribution in [2.45, 2.75) is 38.8 Å². The summed E-state index contributed by atoms with van der Waals surface area (Å²) in [6.07, 6.45) is 10.3. The van der Waals surface area contributed by atoms with Crippen molar-refractivity contribution in [3.8, 4) is 11.1 Å². The van der Waals surface area contributed by atoms with E-state index in [1.165, 1.54) is 0 Å². The first-order chi connectivity index (χ1) is 17.3. The fourth-order valence-corrected chi connectivity index (χ4v) is 4.78. The maximum absolute atomic E-state index is 13.2. The number of carbonyl (C=O) groups is 2. The summed E-state index contributed by atoms with van der Waals surface area (Å²) in [6.45, 7) is 5.53. The molecule has 4 rings (SSSR count). The van der Waals surface area contributed by atoms with Gasteiger partial charge in [-0.2, -0.15) is 0 Å². The number of aromatic nitrogens is 2. The van der Waals surface area contributed by atoms with E-state index >= 15 is 0 Å². The summed E-state index contributed by atoms with van der Waals surface area (Å²) in [4.78, 5) is 33.0. The topological polar surface area (TPSA) is 108 Å². The molecule has 3 atom stereocenters. The standard InChI is InChI=1S/C26H31Cl2N5O3/c1-15(2)32-24-10-20(21(28)13-31-24)18-9-22(30-12-18)25(34)33-23(16-4-3-5-19(27)8-16)14-36-26(35)17-6-7-29-11-17/h3-5,9-10,12-13,15-17,23,29-30H,6-8,11,14H2,1-2H3,(H,31,32)(H,33,34). The maximum Gasteiger partial charge on any atom is 0.310 e. The summed E-state index contributed by atoms with van der Waals surface area (Å²) in [6, 6.07) is 3.38. The number of aromatic amines is 1. The number of hydrogen-bond acceptors (Lipinski definition) is 6. The van der Waals surface area contributed by atoms with E-state index in [1.807, 2.05) is 38.1 Å². The van der Waals surface area contributed by atoms with Crippen LogP contribution in [0.1, 0.15) is 37.2 Å². The van der Waals surface area contributed by atoms with Crippen molar-refractivity contribution in [2.75, 3.05) is 25.0 Å². The van der Waals surface area contributed by atoms with E-state index in [9.17, 15) is 9.59 Å². The molecule has 36 heavy (non-hydrogen) atoms. The predicted molar refractivity (Wildman–Crippen MR) is 142 cm³/mol. The number of nitrogens with one attached hydrogen (secondary N) is 4. The van der Waals surface area contributed by atoms with Crippen molar-refractivity contribution in [1.29, 1.82) is 0 Å². The Hall–Kier alpha value is -2.81. The minimum absolute atomic E-state index is 0.0637. The minimum atomic E-state index is -0.437. The molecule has 192 valence electrons. The second-order valence-corrected chi connectivity index (χ2v) is 10.3. The molecule has 1 fully saturated rings. The molecule has 3 unspecified atom stereocenters. The van der Waals surface area contributed by atoms with Gasteiger partial charge in [0.15, 0.2) is 0 Å². The van der Waals surface area contributed by atoms with Gasteiger partial charge in [0.05, 0.1) is 17.0 Å². The third kappa shape index (κ3) is 6.69. The molecular formula is C26H31Cl2N5O3. The molecule has 0 saturated carbocycles. The van der Waals surface area contributed by atoms with Gasteiger partial charge in [-0.3, -0.25) is 9.59 Å². The number of hydrogen-bond donors (Lipinski definition) is 4. The predicted octanol–water partition coefficient (Wildman–Crippen LogP) is 4.50. The molecule has 4 N–H and O–H groups in total. The van der Waals surface area contributed by atoms with Gasteiger partial charge in [0, 0.05) is 47.1 Å². The molecule has 0 radical (unpaired) electrons. The van der Waals surface area contributed by atoms with Crippen LogP contribution in [0.15, 0.2) is 47.8 Å². The van der Waals surface area contributed by atoms with E-state index in [0.29, 0.717) is 34.5 Å². The van der Waals surface area contributed by atoms with Gasteiger partial charge in [-0.05, 0) is 51.4 Å². The number of halogens is 2. The number of rotatable bonds is 9. The Morgan fingerprint density at radius 3 is 2.83 bits per heavy atom. The molecule has 10 heteroatoms. The Bertz CT molecular complexity index is 1150. The number of amides is 1. The summed E-state index contributed by atoms with van der Waals surface area (Å²) in [5.41, 5.74) is 1.89. The number of H-pyrrole nitrogens is 1. The molecular weight excluding hydrogens is 501 g/mol. The van der Waals surface area contributed by atoms with Gasteiger partial charge in [0.2, 0.25) is 0 Å². The Morgan fingerprint density at radius 1 is 1.28 bits per heavy atom. The van der Waals surface area contributed by atoms with Gasteiger partial charge < -0.3 is 25.7 Å². The van der Waals surface area contributed by atoms with Crippen LogP contribution < -0.4 is 16.0 Å². The highest BCUT2D eigenvalue weighted by Crippen LogP contribution is 2.30. The lowest BCUT2D eigenvalue weighted by Gasteiger charge is -2.27. The van der Waals surface area contributed by atoms with E-state index in [0.717, 1.165) is 24.1 Å². The van der Waals surface area contributed by atoms with Crippen molar-refractivity contribution in [1.82, 2.24) is 20.6 Å². The van der Waals surface area contributed by atoms with Crippen molar-refractivity contribution >= 4 is 40.9 Å². The Morgan fingerprint density at radius 2 is 2.11 bits per heavy atom. The van der Waals surface area contributed by atoms with E-state index in [2.05, 4.69) is 25.9 Å². The third-order valence-corrected chi connectivity index (χ3v) is 6.81. The zero-order valence-electron chi connectivity index (χ0n) is 20.3. The van der Waals surface area contributed by atoms with Gasteiger partial charge in [0.1, 0.15) is 18.1 Å². The van der Waals surface area contributed by atoms with Crippen LogP contribution in [0.5, 0.6) is 0 Å². The lowest BCUT2D eigenvalue weighted by atomic mass is 9.92. The molecule has 0 bridgehead atoms. The molecule has 1 aliphatic heterocycles. The Labute approximate surface area is 220 Å². The van der Waals surface area contributed by atoms with Gasteiger partial charge in [-0.25, -0.2) is 4.98 Å². The van der Waals surface area contributed by atoms with Crippen LogP contribution in [0.3, 0.4) is 0 Å². The second-order valence-electron chi connectivity index (χ2n) is 9.42. The Kier molecular flexibility index (Phi) is 8.72. The van der Waals surface area contributed by atoms with Crippen LogP contribution in [-0.2, 0) is 9.53 Å². The monoisotopic (exact) mass is 531 g/mol. The first kappa shape index (κ1) is 26.3. The normalized spacial score (nSPS) is 20.2. The summed E-state index contributed by atoms with van der Waals surface area (Å²) in [5, 5.41) is 10.6. The van der Waals surface area contributed by atoms with Gasteiger partial charge in [-0.15, -0.1) is 0 Å². The quantitative estimate of drug-likeness (QED) is 0.355. The minimum Gasteiger partial charge on any atom is -0.463 e. The van der Waals surface area contributed by atoms with Crippen molar-refractivity contribution in [3.63, 3.8) is 0 Å². The average Bonchev–Trinajstić information content (AvgIpc) is 3.55. The second kappa shape index (κ2) is 12.0. The van der Waals surface area contributed by atoms with Crippen LogP contribution in [0, 0.1) is 11.8 Å². The number of anilines is 1. The summed E-state index contributed by atoms with van der Waals surface area (Å²) in [5.74, 6) is -0.117. The van der Waals surface area contributed by atoms with Crippen molar-refractivity contribution < 1.29 is 14.3 Å². The van der Waals surface area contributed by atoms with E-state index < -0.39 is 6.04 Å². The molecule has 8 nitrogen and oxygen atoms in total. The zero-order chi connectivity index (χ0) is 25.7. The van der Waals surface area contributed by atoms with Crippen molar-refractivity contribution in [2.24, 2.45) is 11.8 Å². The van der Waals surface area contributed by atoms with Crippen LogP contribution in [0.4, 0.5) is 5.82 Å².